The van der Waals surface area contributed by atoms with Crippen LogP contribution in [0, 0.1) is 0 Å². The molecule has 0 saturated carbocycles. The minimum atomic E-state index is -1.06. The van der Waals surface area contributed by atoms with Gasteiger partial charge in [0, 0.05) is 17.4 Å². The predicted molar refractivity (Wildman–Crippen MR) is 84.1 cm³/mol. The van der Waals surface area contributed by atoms with Crippen molar-refractivity contribution in [1.29, 1.82) is 0 Å². The molecule has 1 saturated heterocycles. The number of carboxylic acid groups (broad SMARTS) is 1. The zero-order valence-electron chi connectivity index (χ0n) is 12.4. The molecule has 2 aliphatic rings. The Hall–Kier alpha value is -2.12. The Balaban J connectivity index is 1.78. The van der Waals surface area contributed by atoms with E-state index in [0.29, 0.717) is 24.3 Å². The molecule has 0 bridgehead atoms. The summed E-state index contributed by atoms with van der Waals surface area (Å²) in [6, 6.07) is 3.68. The number of nitrogens with zero attached hydrogens (tertiary/aromatic N) is 2. The second-order valence-electron chi connectivity index (χ2n) is 5.38. The van der Waals surface area contributed by atoms with Crippen molar-refractivity contribution < 1.29 is 24.4 Å². The number of aliphatic hydroxyl groups is 1. The summed E-state index contributed by atoms with van der Waals surface area (Å²) >= 11 is 1.59. The average Bonchev–Trinajstić information content (AvgIpc) is 2.54. The molecule has 23 heavy (non-hydrogen) atoms. The van der Waals surface area contributed by atoms with Crippen molar-refractivity contribution in [2.75, 3.05) is 5.75 Å². The molecular formula is C16H17N2O4S+. The van der Waals surface area contributed by atoms with Gasteiger partial charge in [0.2, 0.25) is 5.91 Å². The number of allylic oxidation sites excluding steroid dienone is 2. The van der Waals surface area contributed by atoms with E-state index >= 15 is 0 Å². The Morgan fingerprint density at radius 2 is 2.35 bits per heavy atom. The number of aromatic nitrogens is 1. The number of fused-ring (bicyclic) bond motifs is 1. The van der Waals surface area contributed by atoms with E-state index in [2.05, 4.69) is 0 Å². The number of pyridine rings is 1. The van der Waals surface area contributed by atoms with Crippen molar-refractivity contribution in [3.05, 3.63) is 53.5 Å². The van der Waals surface area contributed by atoms with E-state index in [1.807, 2.05) is 35.2 Å². The lowest BCUT2D eigenvalue weighted by atomic mass is 10.1. The van der Waals surface area contributed by atoms with E-state index in [4.69, 9.17) is 5.11 Å². The van der Waals surface area contributed by atoms with Crippen molar-refractivity contribution in [3.63, 3.8) is 0 Å². The minimum absolute atomic E-state index is 0.0199. The highest BCUT2D eigenvalue weighted by atomic mass is 32.2. The van der Waals surface area contributed by atoms with Crippen LogP contribution in [0.15, 0.2) is 47.9 Å². The summed E-state index contributed by atoms with van der Waals surface area (Å²) in [6.07, 6.45) is 7.77. The van der Waals surface area contributed by atoms with Gasteiger partial charge in [0.05, 0.1) is 18.4 Å². The molecule has 2 aliphatic heterocycles. The predicted octanol–water partition coefficient (Wildman–Crippen LogP) is 0.667. The third-order valence-corrected chi connectivity index (χ3v) is 5.06. The molecule has 1 amide bonds. The summed E-state index contributed by atoms with van der Waals surface area (Å²) < 4.78 is 1.90. The number of amides is 1. The summed E-state index contributed by atoms with van der Waals surface area (Å²) in [4.78, 5) is 24.5. The zero-order valence-corrected chi connectivity index (χ0v) is 13.2. The van der Waals surface area contributed by atoms with Gasteiger partial charge in [-0.25, -0.2) is 9.36 Å². The van der Waals surface area contributed by atoms with Crippen molar-refractivity contribution in [1.82, 2.24) is 4.90 Å². The lowest BCUT2D eigenvalue weighted by Gasteiger charge is -2.43. The number of aliphatic carboxylic acids is 1. The summed E-state index contributed by atoms with van der Waals surface area (Å²) in [6.45, 7) is 0.542. The van der Waals surface area contributed by atoms with Crippen molar-refractivity contribution in [2.24, 2.45) is 0 Å². The topological polar surface area (TPSA) is 81.7 Å². The van der Waals surface area contributed by atoms with Crippen molar-refractivity contribution >= 4 is 23.6 Å². The van der Waals surface area contributed by atoms with Gasteiger partial charge < -0.3 is 10.2 Å². The number of carboxylic acids is 1. The van der Waals surface area contributed by atoms with Crippen LogP contribution in [-0.2, 0) is 22.7 Å². The molecular weight excluding hydrogens is 316 g/mol. The van der Waals surface area contributed by atoms with Crippen LogP contribution in [0.3, 0.4) is 0 Å². The molecule has 0 radical (unpaired) electrons. The number of hydrogen-bond acceptors (Lipinski definition) is 4. The number of hydrogen-bond donors (Lipinski definition) is 2. The molecule has 3 heterocycles. The molecule has 2 N–H and O–H groups in total. The molecule has 0 aliphatic carbocycles. The molecule has 0 aromatic carbocycles. The van der Waals surface area contributed by atoms with Crippen LogP contribution in [0.5, 0.6) is 0 Å². The Bertz CT molecular complexity index is 714. The standard InChI is InChI=1S/C16H16N2O4S/c19-9-11-3-1-5-17(8-11)6-2-4-12-10-23-14-7-13(20)18(14)15(12)16(21)22/h1-5,8,14,19H,6-7,9-10H2/p+1/t14-/m1/s1. The van der Waals surface area contributed by atoms with E-state index in [0.717, 1.165) is 5.56 Å². The van der Waals surface area contributed by atoms with Gasteiger partial charge in [-0.1, -0.05) is 6.08 Å². The highest BCUT2D eigenvalue weighted by Gasteiger charge is 2.44. The second kappa shape index (κ2) is 6.55. The number of rotatable bonds is 5. The van der Waals surface area contributed by atoms with Gasteiger partial charge in [0.15, 0.2) is 18.9 Å². The fourth-order valence-electron chi connectivity index (χ4n) is 2.67. The molecule has 1 fully saturated rings. The van der Waals surface area contributed by atoms with Crippen molar-refractivity contribution in [2.45, 2.75) is 24.9 Å². The maximum absolute atomic E-state index is 11.7. The fraction of sp³-hybridized carbons (Fsp3) is 0.312. The van der Waals surface area contributed by atoms with Crippen LogP contribution < -0.4 is 4.57 Å². The summed E-state index contributed by atoms with van der Waals surface area (Å²) in [5, 5.41) is 18.5. The molecule has 6 nitrogen and oxygen atoms in total. The quantitative estimate of drug-likeness (QED) is 0.611. The fourth-order valence-corrected chi connectivity index (χ4v) is 3.90. The number of carbonyl (C=O) groups is 2. The largest absolute Gasteiger partial charge is 0.477 e. The van der Waals surface area contributed by atoms with Crippen LogP contribution in [0.2, 0.25) is 0 Å². The first kappa shape index (κ1) is 15.8. The third-order valence-electron chi connectivity index (χ3n) is 3.82. The molecule has 120 valence electrons. The molecule has 3 rings (SSSR count). The van der Waals surface area contributed by atoms with E-state index < -0.39 is 5.97 Å². The monoisotopic (exact) mass is 333 g/mol. The van der Waals surface area contributed by atoms with Gasteiger partial charge in [-0.15, -0.1) is 11.8 Å². The Labute approximate surface area is 137 Å². The van der Waals surface area contributed by atoms with Crippen LogP contribution >= 0.6 is 11.8 Å². The molecule has 1 atom stereocenters. The number of carbonyl (C=O) groups excluding carboxylic acids is 1. The molecule has 1 aromatic heterocycles. The highest BCUT2D eigenvalue weighted by Crippen LogP contribution is 2.40. The minimum Gasteiger partial charge on any atom is -0.477 e. The molecule has 0 unspecified atom stereocenters. The summed E-state index contributed by atoms with van der Waals surface area (Å²) in [5.74, 6) is -0.595. The smallest absolute Gasteiger partial charge is 0.352 e. The van der Waals surface area contributed by atoms with Gasteiger partial charge in [-0.2, -0.15) is 0 Å². The molecule has 7 heteroatoms. The van der Waals surface area contributed by atoms with Crippen LogP contribution in [0.25, 0.3) is 0 Å². The first-order chi connectivity index (χ1) is 11.1. The Morgan fingerprint density at radius 3 is 3.04 bits per heavy atom. The second-order valence-corrected chi connectivity index (χ2v) is 6.55. The Kier molecular flexibility index (Phi) is 4.49. The maximum Gasteiger partial charge on any atom is 0.352 e. The van der Waals surface area contributed by atoms with E-state index in [9.17, 15) is 14.7 Å². The van der Waals surface area contributed by atoms with Crippen molar-refractivity contribution in [3.8, 4) is 0 Å². The number of aliphatic hydroxyl groups excluding tert-OH is 1. The molecule has 0 spiro atoms. The lowest BCUT2D eigenvalue weighted by molar-refractivity contribution is -0.687. The Morgan fingerprint density at radius 1 is 1.52 bits per heavy atom. The normalized spacial score (nSPS) is 20.7. The average molecular weight is 333 g/mol. The van der Waals surface area contributed by atoms with Crippen LogP contribution in [0.4, 0.5) is 0 Å². The van der Waals surface area contributed by atoms with Gasteiger partial charge in [0.1, 0.15) is 5.70 Å². The van der Waals surface area contributed by atoms with Gasteiger partial charge in [0.25, 0.3) is 0 Å². The van der Waals surface area contributed by atoms with E-state index in [-0.39, 0.29) is 23.6 Å². The van der Waals surface area contributed by atoms with E-state index in [1.54, 1.807) is 17.8 Å². The number of thioether (sulfide) groups is 1. The first-order valence-corrected chi connectivity index (χ1v) is 8.30. The SMILES string of the molecule is O=C(O)C1=C(C=CC[n+]2cccc(CO)c2)CS[C@@H]2CC(=O)N12. The zero-order chi connectivity index (χ0) is 16.4. The van der Waals surface area contributed by atoms with Gasteiger partial charge in [-0.05, 0) is 17.7 Å². The lowest BCUT2D eigenvalue weighted by Crippen LogP contribution is -2.53. The van der Waals surface area contributed by atoms with Gasteiger partial charge in [-0.3, -0.25) is 9.69 Å². The first-order valence-electron chi connectivity index (χ1n) is 7.25. The summed E-state index contributed by atoms with van der Waals surface area (Å²) in [5.41, 5.74) is 1.58. The number of β-lactam (4-membered cyclic amide) rings is 1. The summed E-state index contributed by atoms with van der Waals surface area (Å²) in [7, 11) is 0. The van der Waals surface area contributed by atoms with E-state index in [1.165, 1.54) is 4.90 Å². The van der Waals surface area contributed by atoms with Crippen LogP contribution in [0.1, 0.15) is 12.0 Å². The van der Waals surface area contributed by atoms with Gasteiger partial charge >= 0.3 is 5.97 Å². The molecule has 1 aromatic rings. The maximum atomic E-state index is 11.7. The highest BCUT2D eigenvalue weighted by molar-refractivity contribution is 8.00. The van der Waals surface area contributed by atoms with Crippen LogP contribution in [-0.4, -0.2) is 38.1 Å². The third kappa shape index (κ3) is 3.16.